The molecular formula is C24H20N6S. The fraction of sp³-hybridized carbons (Fsp3) is 0.0417. The number of aromatic amines is 2. The highest BCUT2D eigenvalue weighted by Crippen LogP contribution is 2.34. The van der Waals surface area contributed by atoms with Crippen LogP contribution in [0.4, 0.5) is 0 Å². The van der Waals surface area contributed by atoms with Gasteiger partial charge in [-0.25, -0.2) is 4.98 Å². The minimum absolute atomic E-state index is 0.602. The van der Waals surface area contributed by atoms with Crippen LogP contribution in [0.1, 0.15) is 12.5 Å². The van der Waals surface area contributed by atoms with Crippen molar-refractivity contribution in [1.82, 2.24) is 25.1 Å². The number of pyridine rings is 2. The van der Waals surface area contributed by atoms with Gasteiger partial charge in [-0.15, -0.1) is 11.3 Å². The second kappa shape index (κ2) is 7.70. The number of hydrogen-bond acceptors (Lipinski definition) is 5. The number of H-pyrrole nitrogens is 2. The third-order valence-electron chi connectivity index (χ3n) is 5.18. The molecule has 31 heavy (non-hydrogen) atoms. The van der Waals surface area contributed by atoms with Gasteiger partial charge in [0, 0.05) is 39.9 Å². The van der Waals surface area contributed by atoms with E-state index in [2.05, 4.69) is 55.3 Å². The molecular weight excluding hydrogens is 404 g/mol. The summed E-state index contributed by atoms with van der Waals surface area (Å²) in [7, 11) is 0. The highest BCUT2D eigenvalue weighted by molar-refractivity contribution is 7.13. The van der Waals surface area contributed by atoms with E-state index < -0.39 is 0 Å². The number of allylic oxidation sites excluding steroid dienone is 4. The van der Waals surface area contributed by atoms with Gasteiger partial charge in [0.05, 0.1) is 22.0 Å². The van der Waals surface area contributed by atoms with Crippen molar-refractivity contribution >= 4 is 38.8 Å². The first-order chi connectivity index (χ1) is 15.2. The monoisotopic (exact) mass is 424 g/mol. The van der Waals surface area contributed by atoms with E-state index in [1.165, 1.54) is 0 Å². The molecule has 4 N–H and O–H groups in total. The predicted molar refractivity (Wildman–Crippen MR) is 128 cm³/mol. The van der Waals surface area contributed by atoms with Crippen LogP contribution in [-0.4, -0.2) is 25.1 Å². The Hall–Kier alpha value is -3.97. The molecule has 0 amide bonds. The SMILES string of the molecule is C=C/C(N)=C\C(=C/C)c1cnc2n[nH]c(-c3cc4c(-c5cccs5)nccc4[nH]3)c2c1. The van der Waals surface area contributed by atoms with Crippen LogP contribution < -0.4 is 5.73 Å². The quantitative estimate of drug-likeness (QED) is 0.317. The molecule has 0 radical (unpaired) electrons. The lowest BCUT2D eigenvalue weighted by Crippen LogP contribution is -1.93. The molecule has 5 aromatic rings. The van der Waals surface area contributed by atoms with Crippen molar-refractivity contribution in [2.45, 2.75) is 6.92 Å². The molecule has 0 bridgehead atoms. The lowest BCUT2D eigenvalue weighted by Gasteiger charge is -2.04. The zero-order chi connectivity index (χ0) is 21.4. The first-order valence-electron chi connectivity index (χ1n) is 9.80. The van der Waals surface area contributed by atoms with Crippen LogP contribution in [0.3, 0.4) is 0 Å². The summed E-state index contributed by atoms with van der Waals surface area (Å²) in [5, 5.41) is 11.6. The Morgan fingerprint density at radius 2 is 2.10 bits per heavy atom. The van der Waals surface area contributed by atoms with Crippen LogP contribution in [0.15, 0.2) is 78.6 Å². The zero-order valence-corrected chi connectivity index (χ0v) is 17.7. The Bertz CT molecular complexity index is 1470. The first-order valence-corrected chi connectivity index (χ1v) is 10.7. The van der Waals surface area contributed by atoms with E-state index in [-0.39, 0.29) is 0 Å². The van der Waals surface area contributed by atoms with Gasteiger partial charge in [0.2, 0.25) is 0 Å². The third kappa shape index (κ3) is 3.35. The molecule has 0 aliphatic rings. The molecule has 0 atom stereocenters. The minimum atomic E-state index is 0.602. The van der Waals surface area contributed by atoms with Crippen LogP contribution in [0, 0.1) is 0 Å². The number of nitrogens with one attached hydrogen (secondary N) is 2. The number of nitrogens with two attached hydrogens (primary N) is 1. The standard InChI is InChI=1S/C24H20N6S/c1-3-14(10-16(25)4-2)15-11-18-22(29-30-24(18)27-13-15)20-12-17-19(28-20)7-8-26-23(17)21-6-5-9-31-21/h3-13,28H,2,25H2,1H3,(H,27,29,30)/b14-3+,16-10+. The van der Waals surface area contributed by atoms with Gasteiger partial charge >= 0.3 is 0 Å². The van der Waals surface area contributed by atoms with Crippen LogP contribution in [0.2, 0.25) is 0 Å². The first kappa shape index (κ1) is 19.0. The largest absolute Gasteiger partial charge is 0.399 e. The number of rotatable bonds is 5. The molecule has 0 spiro atoms. The van der Waals surface area contributed by atoms with Gasteiger partial charge in [-0.2, -0.15) is 5.10 Å². The number of fused-ring (bicyclic) bond motifs is 2. The van der Waals surface area contributed by atoms with Gasteiger partial charge in [0.25, 0.3) is 0 Å². The Labute approximate surface area is 182 Å². The summed E-state index contributed by atoms with van der Waals surface area (Å²) >= 11 is 1.68. The van der Waals surface area contributed by atoms with Crippen molar-refractivity contribution in [2.75, 3.05) is 0 Å². The molecule has 5 heterocycles. The van der Waals surface area contributed by atoms with Crippen molar-refractivity contribution in [3.8, 4) is 22.0 Å². The minimum Gasteiger partial charge on any atom is -0.399 e. The molecule has 5 rings (SSSR count). The van der Waals surface area contributed by atoms with Gasteiger partial charge in [-0.3, -0.25) is 10.1 Å². The third-order valence-corrected chi connectivity index (χ3v) is 6.06. The number of nitrogens with zero attached hydrogens (tertiary/aromatic N) is 3. The average Bonchev–Trinajstić information content (AvgIpc) is 3.55. The van der Waals surface area contributed by atoms with E-state index in [4.69, 9.17) is 5.73 Å². The highest BCUT2D eigenvalue weighted by Gasteiger charge is 2.15. The molecule has 0 aliphatic heterocycles. The van der Waals surface area contributed by atoms with Crippen molar-refractivity contribution in [3.05, 3.63) is 84.2 Å². The fourth-order valence-electron chi connectivity index (χ4n) is 3.63. The summed E-state index contributed by atoms with van der Waals surface area (Å²) in [5.41, 5.74) is 13.0. The highest BCUT2D eigenvalue weighted by atomic mass is 32.1. The lowest BCUT2D eigenvalue weighted by molar-refractivity contribution is 1.10. The molecule has 152 valence electrons. The van der Waals surface area contributed by atoms with Crippen molar-refractivity contribution in [2.24, 2.45) is 5.73 Å². The van der Waals surface area contributed by atoms with E-state index in [9.17, 15) is 0 Å². The van der Waals surface area contributed by atoms with E-state index in [0.29, 0.717) is 11.3 Å². The van der Waals surface area contributed by atoms with E-state index in [1.807, 2.05) is 37.4 Å². The average molecular weight is 425 g/mol. The predicted octanol–water partition coefficient (Wildman–Crippen LogP) is 5.66. The maximum absolute atomic E-state index is 5.95. The molecule has 6 nitrogen and oxygen atoms in total. The maximum Gasteiger partial charge on any atom is 0.181 e. The summed E-state index contributed by atoms with van der Waals surface area (Å²) < 4.78 is 0. The van der Waals surface area contributed by atoms with Crippen molar-refractivity contribution in [1.29, 1.82) is 0 Å². The number of hydrogen-bond donors (Lipinski definition) is 3. The normalized spacial score (nSPS) is 12.7. The smallest absolute Gasteiger partial charge is 0.181 e. The topological polar surface area (TPSA) is 96.3 Å². The second-order valence-electron chi connectivity index (χ2n) is 7.07. The Kier molecular flexibility index (Phi) is 4.72. The Morgan fingerprint density at radius 1 is 1.19 bits per heavy atom. The second-order valence-corrected chi connectivity index (χ2v) is 8.02. The summed E-state index contributed by atoms with van der Waals surface area (Å²) in [5.74, 6) is 0. The van der Waals surface area contributed by atoms with E-state index in [1.54, 1.807) is 23.6 Å². The van der Waals surface area contributed by atoms with E-state index >= 15 is 0 Å². The maximum atomic E-state index is 5.95. The number of thiophene rings is 1. The molecule has 0 aromatic carbocycles. The summed E-state index contributed by atoms with van der Waals surface area (Å²) in [6.07, 6.45) is 9.15. The lowest BCUT2D eigenvalue weighted by atomic mass is 10.0. The Morgan fingerprint density at radius 3 is 2.87 bits per heavy atom. The van der Waals surface area contributed by atoms with E-state index in [0.717, 1.165) is 49.4 Å². The van der Waals surface area contributed by atoms with Crippen molar-refractivity contribution < 1.29 is 0 Å². The molecule has 0 unspecified atom stereocenters. The molecule has 0 saturated carbocycles. The molecule has 5 aromatic heterocycles. The van der Waals surface area contributed by atoms with Crippen LogP contribution >= 0.6 is 11.3 Å². The van der Waals surface area contributed by atoms with Crippen LogP contribution in [0.5, 0.6) is 0 Å². The van der Waals surface area contributed by atoms with Crippen molar-refractivity contribution in [3.63, 3.8) is 0 Å². The molecule has 0 fully saturated rings. The molecule has 7 heteroatoms. The summed E-state index contributed by atoms with van der Waals surface area (Å²) in [6, 6.07) is 10.3. The molecule has 0 saturated heterocycles. The summed E-state index contributed by atoms with van der Waals surface area (Å²) in [4.78, 5) is 13.8. The van der Waals surface area contributed by atoms with Crippen LogP contribution in [-0.2, 0) is 0 Å². The zero-order valence-electron chi connectivity index (χ0n) is 16.9. The fourth-order valence-corrected chi connectivity index (χ4v) is 4.37. The molecule has 0 aliphatic carbocycles. The van der Waals surface area contributed by atoms with Gasteiger partial charge < -0.3 is 10.7 Å². The Balaban J connectivity index is 1.65. The van der Waals surface area contributed by atoms with Gasteiger partial charge in [0.1, 0.15) is 0 Å². The van der Waals surface area contributed by atoms with Crippen LogP contribution in [0.25, 0.3) is 49.5 Å². The van der Waals surface area contributed by atoms with Gasteiger partial charge in [-0.1, -0.05) is 18.7 Å². The number of aromatic nitrogens is 5. The summed E-state index contributed by atoms with van der Waals surface area (Å²) in [6.45, 7) is 5.70. The van der Waals surface area contributed by atoms with Gasteiger partial charge in [-0.05, 0) is 54.3 Å². The van der Waals surface area contributed by atoms with Gasteiger partial charge in [0.15, 0.2) is 5.65 Å².